The molecule has 1 N–H and O–H groups in total. The first-order valence-corrected chi connectivity index (χ1v) is 14.0. The Morgan fingerprint density at radius 1 is 0.972 bits per heavy atom. The molecule has 0 radical (unpaired) electrons. The Balaban J connectivity index is 1.97. The first-order chi connectivity index (χ1) is 17.0. The van der Waals surface area contributed by atoms with E-state index in [4.69, 9.17) is 11.6 Å². The van der Waals surface area contributed by atoms with Gasteiger partial charge in [-0.05, 0) is 42.0 Å². The van der Waals surface area contributed by atoms with Crippen molar-refractivity contribution in [1.29, 1.82) is 0 Å². The maximum atomic E-state index is 13.7. The molecule has 0 bridgehead atoms. The number of hydrogen-bond donors (Lipinski definition) is 1. The van der Waals surface area contributed by atoms with Crippen LogP contribution in [0.1, 0.15) is 26.3 Å². The van der Waals surface area contributed by atoms with Crippen molar-refractivity contribution in [3.05, 3.63) is 77.3 Å². The monoisotopic (exact) mass is 529 g/mol. The number of halogens is 1. The van der Waals surface area contributed by atoms with Gasteiger partial charge in [-0.3, -0.25) is 13.9 Å². The van der Waals surface area contributed by atoms with Crippen LogP contribution in [0.15, 0.2) is 66.7 Å². The molecule has 0 aliphatic rings. The van der Waals surface area contributed by atoms with Crippen molar-refractivity contribution in [2.24, 2.45) is 5.92 Å². The van der Waals surface area contributed by atoms with Crippen LogP contribution in [0.25, 0.3) is 10.8 Å². The van der Waals surface area contributed by atoms with Crippen molar-refractivity contribution >= 4 is 49.9 Å². The van der Waals surface area contributed by atoms with Gasteiger partial charge in [0.25, 0.3) is 0 Å². The van der Waals surface area contributed by atoms with Crippen molar-refractivity contribution in [2.45, 2.75) is 33.4 Å². The summed E-state index contributed by atoms with van der Waals surface area (Å²) in [7, 11) is -3.82. The van der Waals surface area contributed by atoms with Crippen LogP contribution < -0.4 is 9.62 Å². The molecule has 0 unspecified atom stereocenters. The van der Waals surface area contributed by atoms with Crippen molar-refractivity contribution in [3.63, 3.8) is 0 Å². The lowest BCUT2D eigenvalue weighted by atomic mass is 10.1. The summed E-state index contributed by atoms with van der Waals surface area (Å²) in [5, 5.41) is 4.93. The molecule has 0 spiro atoms. The number of rotatable bonds is 10. The van der Waals surface area contributed by atoms with E-state index in [1.54, 1.807) is 37.3 Å². The van der Waals surface area contributed by atoms with E-state index >= 15 is 0 Å². The molecule has 0 heterocycles. The zero-order valence-corrected chi connectivity index (χ0v) is 22.5. The molecule has 0 aliphatic carbocycles. The average Bonchev–Trinajstić information content (AvgIpc) is 2.83. The van der Waals surface area contributed by atoms with Gasteiger partial charge in [-0.1, -0.05) is 74.0 Å². The number of nitrogens with zero attached hydrogens (tertiary/aromatic N) is 2. The molecule has 0 aromatic heterocycles. The molecule has 3 rings (SSSR count). The van der Waals surface area contributed by atoms with E-state index < -0.39 is 28.5 Å². The van der Waals surface area contributed by atoms with Gasteiger partial charge in [0, 0.05) is 23.5 Å². The van der Waals surface area contributed by atoms with Crippen LogP contribution in [-0.2, 0) is 26.2 Å². The summed E-state index contributed by atoms with van der Waals surface area (Å²) < 4.78 is 26.9. The highest BCUT2D eigenvalue weighted by Crippen LogP contribution is 2.28. The number of sulfonamides is 1. The van der Waals surface area contributed by atoms with Crippen LogP contribution in [0, 0.1) is 5.92 Å². The number of nitrogens with one attached hydrogen (secondary N) is 1. The van der Waals surface area contributed by atoms with Gasteiger partial charge in [0.2, 0.25) is 21.8 Å². The van der Waals surface area contributed by atoms with Crippen LogP contribution in [0.2, 0.25) is 5.02 Å². The predicted molar refractivity (Wildman–Crippen MR) is 145 cm³/mol. The summed E-state index contributed by atoms with van der Waals surface area (Å²) in [6.45, 7) is 5.72. The Bertz CT molecular complexity index is 1340. The SMILES string of the molecule is CC(C)CNC(=O)[C@H](C)N(Cc1cccc(Cl)c1)C(=O)CN(c1cccc2ccccc12)S(C)(=O)=O. The van der Waals surface area contributed by atoms with Crippen molar-refractivity contribution in [1.82, 2.24) is 10.2 Å². The minimum Gasteiger partial charge on any atom is -0.354 e. The maximum absolute atomic E-state index is 13.7. The quantitative estimate of drug-likeness (QED) is 0.420. The van der Waals surface area contributed by atoms with Gasteiger partial charge in [-0.15, -0.1) is 0 Å². The lowest BCUT2D eigenvalue weighted by Crippen LogP contribution is -2.51. The van der Waals surface area contributed by atoms with Gasteiger partial charge in [-0.25, -0.2) is 8.42 Å². The Kier molecular flexibility index (Phi) is 8.98. The van der Waals surface area contributed by atoms with Gasteiger partial charge < -0.3 is 10.2 Å². The Morgan fingerprint density at radius 2 is 1.64 bits per heavy atom. The molecule has 0 aliphatic heterocycles. The first-order valence-electron chi connectivity index (χ1n) is 11.7. The van der Waals surface area contributed by atoms with Gasteiger partial charge in [0.1, 0.15) is 12.6 Å². The molecule has 3 aromatic carbocycles. The molecule has 0 fully saturated rings. The first kappa shape index (κ1) is 27.5. The molecule has 1 atom stereocenters. The molecule has 9 heteroatoms. The minimum absolute atomic E-state index is 0.1000. The third-order valence-corrected chi connectivity index (χ3v) is 7.17. The fourth-order valence-electron chi connectivity index (χ4n) is 3.89. The lowest BCUT2D eigenvalue weighted by Gasteiger charge is -2.32. The number of carbonyl (C=O) groups is 2. The zero-order chi connectivity index (χ0) is 26.5. The molecule has 3 aromatic rings. The van der Waals surface area contributed by atoms with Gasteiger partial charge in [0.15, 0.2) is 0 Å². The lowest BCUT2D eigenvalue weighted by molar-refractivity contribution is -0.139. The van der Waals surface area contributed by atoms with Gasteiger partial charge in [0.05, 0.1) is 11.9 Å². The number of carbonyl (C=O) groups excluding carboxylic acids is 2. The van der Waals surface area contributed by atoms with E-state index in [1.807, 2.05) is 50.2 Å². The third-order valence-electron chi connectivity index (χ3n) is 5.81. The van der Waals surface area contributed by atoms with Crippen molar-refractivity contribution in [2.75, 3.05) is 23.7 Å². The van der Waals surface area contributed by atoms with Gasteiger partial charge in [-0.2, -0.15) is 0 Å². The molecule has 7 nitrogen and oxygen atoms in total. The molecule has 2 amide bonds. The van der Waals surface area contributed by atoms with Crippen LogP contribution in [0.5, 0.6) is 0 Å². The third kappa shape index (κ3) is 6.98. The second-order valence-corrected chi connectivity index (χ2v) is 11.6. The summed E-state index contributed by atoms with van der Waals surface area (Å²) in [4.78, 5) is 28.0. The normalized spacial score (nSPS) is 12.4. The summed E-state index contributed by atoms with van der Waals surface area (Å²) in [5.41, 5.74) is 1.14. The van der Waals surface area contributed by atoms with E-state index in [-0.39, 0.29) is 18.4 Å². The van der Waals surface area contributed by atoms with Crippen LogP contribution >= 0.6 is 11.6 Å². The number of amides is 2. The van der Waals surface area contributed by atoms with Crippen LogP contribution in [0.3, 0.4) is 0 Å². The van der Waals surface area contributed by atoms with Crippen LogP contribution in [0.4, 0.5) is 5.69 Å². The smallest absolute Gasteiger partial charge is 0.244 e. The molecular weight excluding hydrogens is 498 g/mol. The Labute approximate surface area is 218 Å². The highest BCUT2D eigenvalue weighted by atomic mass is 35.5. The fraction of sp³-hybridized carbons (Fsp3) is 0.333. The van der Waals surface area contributed by atoms with Gasteiger partial charge >= 0.3 is 0 Å². The number of anilines is 1. The highest BCUT2D eigenvalue weighted by molar-refractivity contribution is 7.92. The summed E-state index contributed by atoms with van der Waals surface area (Å²) in [6, 6.07) is 18.9. The summed E-state index contributed by atoms with van der Waals surface area (Å²) >= 11 is 6.14. The summed E-state index contributed by atoms with van der Waals surface area (Å²) in [6.07, 6.45) is 1.07. The molecule has 0 saturated heterocycles. The Morgan fingerprint density at radius 3 is 2.31 bits per heavy atom. The second-order valence-electron chi connectivity index (χ2n) is 9.23. The maximum Gasteiger partial charge on any atom is 0.244 e. The highest BCUT2D eigenvalue weighted by Gasteiger charge is 2.30. The second kappa shape index (κ2) is 11.8. The Hall–Kier alpha value is -3.10. The molecule has 36 heavy (non-hydrogen) atoms. The van der Waals surface area contributed by atoms with E-state index in [0.29, 0.717) is 22.6 Å². The minimum atomic E-state index is -3.82. The van der Waals surface area contributed by atoms with Crippen molar-refractivity contribution in [3.8, 4) is 0 Å². The average molecular weight is 530 g/mol. The topological polar surface area (TPSA) is 86.8 Å². The fourth-order valence-corrected chi connectivity index (χ4v) is 4.96. The van der Waals surface area contributed by atoms with Crippen molar-refractivity contribution < 1.29 is 18.0 Å². The molecule has 0 saturated carbocycles. The molecular formula is C27H32ClN3O4S. The predicted octanol–water partition coefficient (Wildman–Crippen LogP) is 4.45. The van der Waals surface area contributed by atoms with E-state index in [2.05, 4.69) is 5.32 Å². The van der Waals surface area contributed by atoms with E-state index in [9.17, 15) is 18.0 Å². The summed E-state index contributed by atoms with van der Waals surface area (Å²) in [5.74, 6) is -0.569. The van der Waals surface area contributed by atoms with E-state index in [1.165, 1.54) is 4.90 Å². The zero-order valence-electron chi connectivity index (χ0n) is 20.9. The molecule has 192 valence electrons. The number of fused-ring (bicyclic) bond motifs is 1. The van der Waals surface area contributed by atoms with E-state index in [0.717, 1.165) is 21.5 Å². The number of benzene rings is 3. The largest absolute Gasteiger partial charge is 0.354 e. The number of hydrogen-bond acceptors (Lipinski definition) is 4. The standard InChI is InChI=1S/C27H32ClN3O4S/c1-19(2)16-29-27(33)20(3)30(17-21-9-7-12-23(28)15-21)26(32)18-31(36(4,34)35)25-14-8-11-22-10-5-6-13-24(22)25/h5-15,19-20H,16-18H2,1-4H3,(H,29,33)/t20-/m0/s1. The van der Waals surface area contributed by atoms with Crippen LogP contribution in [-0.4, -0.2) is 50.5 Å².